The molecule has 0 unspecified atom stereocenters. The molecule has 3 atom stereocenters. The molecular weight excluding hydrogens is 242 g/mol. The minimum absolute atomic E-state index is 0.113. The molecule has 0 aliphatic carbocycles. The van der Waals surface area contributed by atoms with Crippen molar-refractivity contribution in [3.63, 3.8) is 0 Å². The molecule has 2 N–H and O–H groups in total. The first kappa shape index (κ1) is 13.9. The number of benzene rings is 1. The Kier molecular flexibility index (Phi) is 4.43. The van der Waals surface area contributed by atoms with Crippen LogP contribution in [0, 0.1) is 5.92 Å². The van der Waals surface area contributed by atoms with Gasteiger partial charge < -0.3 is 15.2 Å². The number of rotatable bonds is 5. The van der Waals surface area contributed by atoms with Gasteiger partial charge in [0.05, 0.1) is 12.1 Å². The van der Waals surface area contributed by atoms with Crippen LogP contribution in [0.15, 0.2) is 30.3 Å². The number of hydrogen-bond acceptors (Lipinski definition) is 3. The second kappa shape index (κ2) is 6.06. The van der Waals surface area contributed by atoms with Crippen LogP contribution in [-0.4, -0.2) is 29.4 Å². The van der Waals surface area contributed by atoms with Gasteiger partial charge >= 0.3 is 6.09 Å². The summed E-state index contributed by atoms with van der Waals surface area (Å²) < 4.78 is 5.19. The zero-order chi connectivity index (χ0) is 13.8. The van der Waals surface area contributed by atoms with E-state index < -0.39 is 18.3 Å². The third-order valence-electron chi connectivity index (χ3n) is 3.55. The van der Waals surface area contributed by atoms with Gasteiger partial charge in [-0.3, -0.25) is 0 Å². The minimum atomic E-state index is -0.633. The summed E-state index contributed by atoms with van der Waals surface area (Å²) in [6, 6.07) is 9.89. The molecule has 19 heavy (non-hydrogen) atoms. The summed E-state index contributed by atoms with van der Waals surface area (Å²) in [5.74, 6) is 0.239. The molecule has 1 fully saturated rings. The van der Waals surface area contributed by atoms with Crippen LogP contribution < -0.4 is 5.32 Å². The summed E-state index contributed by atoms with van der Waals surface area (Å²) >= 11 is 0. The molecule has 0 saturated carbocycles. The Morgan fingerprint density at radius 1 is 1.32 bits per heavy atom. The summed E-state index contributed by atoms with van der Waals surface area (Å²) in [4.78, 5) is 11.3. The Bertz CT molecular complexity index is 419. The van der Waals surface area contributed by atoms with Crippen LogP contribution in [0.2, 0.25) is 0 Å². The molecule has 1 aliphatic rings. The smallest absolute Gasteiger partial charge is 0.407 e. The standard InChI is InChI=1S/C15H21NO3/c1-10(2)13-14(19-15(18)16-13)12(17)9-8-11-6-4-3-5-7-11/h3-7,10,12-14,17H,8-9H2,1-2H3,(H,16,18)/t12-,13+,14-/m1/s1. The van der Waals surface area contributed by atoms with E-state index in [4.69, 9.17) is 4.74 Å². The number of carbonyl (C=O) groups excluding carboxylic acids is 1. The molecule has 1 heterocycles. The molecule has 1 aliphatic heterocycles. The molecule has 1 saturated heterocycles. The van der Waals surface area contributed by atoms with Crippen molar-refractivity contribution >= 4 is 6.09 Å². The number of carbonyl (C=O) groups is 1. The van der Waals surface area contributed by atoms with E-state index in [9.17, 15) is 9.90 Å². The lowest BCUT2D eigenvalue weighted by Crippen LogP contribution is -2.42. The van der Waals surface area contributed by atoms with Crippen LogP contribution in [-0.2, 0) is 11.2 Å². The molecule has 2 rings (SSSR count). The normalized spacial score (nSPS) is 24.1. The fourth-order valence-electron chi connectivity index (χ4n) is 2.44. The van der Waals surface area contributed by atoms with Crippen molar-refractivity contribution in [3.8, 4) is 0 Å². The number of aryl methyl sites for hydroxylation is 1. The fraction of sp³-hybridized carbons (Fsp3) is 0.533. The van der Waals surface area contributed by atoms with E-state index in [1.165, 1.54) is 5.56 Å². The van der Waals surface area contributed by atoms with Crippen LogP contribution in [0.25, 0.3) is 0 Å². The summed E-state index contributed by atoms with van der Waals surface area (Å²) in [5.41, 5.74) is 1.18. The molecule has 0 aromatic heterocycles. The van der Waals surface area contributed by atoms with Crippen LogP contribution >= 0.6 is 0 Å². The number of hydrogen-bond donors (Lipinski definition) is 2. The van der Waals surface area contributed by atoms with Crippen molar-refractivity contribution in [1.29, 1.82) is 0 Å². The first-order valence-corrected chi connectivity index (χ1v) is 6.77. The fourth-order valence-corrected chi connectivity index (χ4v) is 2.44. The number of aliphatic hydroxyl groups excluding tert-OH is 1. The van der Waals surface area contributed by atoms with Crippen molar-refractivity contribution in [3.05, 3.63) is 35.9 Å². The SMILES string of the molecule is CC(C)[C@@H]1NC(=O)O[C@@H]1[C@H](O)CCc1ccccc1. The van der Waals surface area contributed by atoms with Gasteiger partial charge in [0, 0.05) is 0 Å². The van der Waals surface area contributed by atoms with Crippen LogP contribution in [0.4, 0.5) is 4.79 Å². The summed E-state index contributed by atoms with van der Waals surface area (Å²) in [6.07, 6.45) is -0.140. The first-order valence-electron chi connectivity index (χ1n) is 6.77. The summed E-state index contributed by atoms with van der Waals surface area (Å²) in [6.45, 7) is 4.02. The van der Waals surface area contributed by atoms with Gasteiger partial charge in [-0.25, -0.2) is 4.79 Å². The van der Waals surface area contributed by atoms with Crippen molar-refractivity contribution < 1.29 is 14.6 Å². The highest BCUT2D eigenvalue weighted by Gasteiger charge is 2.40. The molecule has 104 valence electrons. The highest BCUT2D eigenvalue weighted by atomic mass is 16.6. The summed E-state index contributed by atoms with van der Waals surface area (Å²) in [5, 5.41) is 13.0. The number of ether oxygens (including phenoxy) is 1. The average molecular weight is 263 g/mol. The zero-order valence-corrected chi connectivity index (χ0v) is 11.4. The Morgan fingerprint density at radius 3 is 2.63 bits per heavy atom. The maximum atomic E-state index is 11.3. The topological polar surface area (TPSA) is 58.6 Å². The molecule has 1 aromatic rings. The van der Waals surface area contributed by atoms with Gasteiger partial charge in [0.25, 0.3) is 0 Å². The Morgan fingerprint density at radius 2 is 2.00 bits per heavy atom. The highest BCUT2D eigenvalue weighted by Crippen LogP contribution is 2.21. The lowest BCUT2D eigenvalue weighted by Gasteiger charge is -2.24. The van der Waals surface area contributed by atoms with Crippen molar-refractivity contribution in [2.45, 2.75) is 44.9 Å². The minimum Gasteiger partial charge on any atom is -0.441 e. The molecular formula is C15H21NO3. The van der Waals surface area contributed by atoms with E-state index in [2.05, 4.69) is 5.32 Å². The molecule has 0 radical (unpaired) electrons. The number of cyclic esters (lactones) is 1. The lowest BCUT2D eigenvalue weighted by atomic mass is 9.93. The van der Waals surface area contributed by atoms with E-state index in [0.717, 1.165) is 6.42 Å². The molecule has 4 nitrogen and oxygen atoms in total. The zero-order valence-electron chi connectivity index (χ0n) is 11.4. The van der Waals surface area contributed by atoms with Crippen LogP contribution in [0.5, 0.6) is 0 Å². The van der Waals surface area contributed by atoms with Gasteiger partial charge in [0.1, 0.15) is 6.10 Å². The Labute approximate surface area is 113 Å². The van der Waals surface area contributed by atoms with Gasteiger partial charge in [0.15, 0.2) is 0 Å². The molecule has 0 bridgehead atoms. The third kappa shape index (κ3) is 3.47. The molecule has 0 spiro atoms. The Hall–Kier alpha value is -1.55. The van der Waals surface area contributed by atoms with Gasteiger partial charge in [-0.2, -0.15) is 0 Å². The maximum absolute atomic E-state index is 11.3. The largest absolute Gasteiger partial charge is 0.441 e. The van der Waals surface area contributed by atoms with Gasteiger partial charge in [-0.15, -0.1) is 0 Å². The Balaban J connectivity index is 1.92. The second-order valence-electron chi connectivity index (χ2n) is 5.38. The highest BCUT2D eigenvalue weighted by molar-refractivity contribution is 5.70. The van der Waals surface area contributed by atoms with E-state index in [0.29, 0.717) is 6.42 Å². The molecule has 1 amide bonds. The summed E-state index contributed by atoms with van der Waals surface area (Å²) in [7, 11) is 0. The number of amides is 1. The average Bonchev–Trinajstić information content (AvgIpc) is 2.79. The maximum Gasteiger partial charge on any atom is 0.407 e. The van der Waals surface area contributed by atoms with Crippen molar-refractivity contribution in [1.82, 2.24) is 5.32 Å². The van der Waals surface area contributed by atoms with E-state index in [1.807, 2.05) is 44.2 Å². The second-order valence-corrected chi connectivity index (χ2v) is 5.38. The predicted molar refractivity (Wildman–Crippen MR) is 72.8 cm³/mol. The molecule has 4 heteroatoms. The molecule has 1 aromatic carbocycles. The predicted octanol–water partition coefficient (Wildman–Crippen LogP) is 2.11. The number of alkyl carbamates (subject to hydrolysis) is 1. The van der Waals surface area contributed by atoms with E-state index >= 15 is 0 Å². The van der Waals surface area contributed by atoms with Crippen molar-refractivity contribution in [2.75, 3.05) is 0 Å². The third-order valence-corrected chi connectivity index (χ3v) is 3.55. The quantitative estimate of drug-likeness (QED) is 0.855. The van der Waals surface area contributed by atoms with Gasteiger partial charge in [0.2, 0.25) is 0 Å². The van der Waals surface area contributed by atoms with Crippen molar-refractivity contribution in [2.24, 2.45) is 5.92 Å². The van der Waals surface area contributed by atoms with E-state index in [-0.39, 0.29) is 12.0 Å². The van der Waals surface area contributed by atoms with Crippen LogP contribution in [0.3, 0.4) is 0 Å². The number of aliphatic hydroxyl groups is 1. The monoisotopic (exact) mass is 263 g/mol. The first-order chi connectivity index (χ1) is 9.08. The lowest BCUT2D eigenvalue weighted by molar-refractivity contribution is 0.00842. The van der Waals surface area contributed by atoms with Crippen LogP contribution in [0.1, 0.15) is 25.8 Å². The van der Waals surface area contributed by atoms with Gasteiger partial charge in [-0.05, 0) is 24.3 Å². The van der Waals surface area contributed by atoms with Gasteiger partial charge in [-0.1, -0.05) is 44.2 Å². The van der Waals surface area contributed by atoms with E-state index in [1.54, 1.807) is 0 Å². The number of nitrogens with one attached hydrogen (secondary N) is 1.